The summed E-state index contributed by atoms with van der Waals surface area (Å²) in [6, 6.07) is 5.96. The first kappa shape index (κ1) is 21.0. The average Bonchev–Trinajstić information content (AvgIpc) is 3.02. The second-order valence-electron chi connectivity index (χ2n) is 8.99. The Morgan fingerprint density at radius 2 is 1.60 bits per heavy atom. The van der Waals surface area contributed by atoms with Crippen LogP contribution < -0.4 is 9.47 Å². The van der Waals surface area contributed by atoms with Crippen LogP contribution in [0.4, 0.5) is 0 Å². The Morgan fingerprint density at radius 1 is 0.933 bits per heavy atom. The normalized spacial score (nSPS) is 20.7. The number of nitrogens with zero attached hydrogens (tertiary/aromatic N) is 2. The average molecular weight is 415 g/mol. The molecular formula is C24H34N2O4. The van der Waals surface area contributed by atoms with Crippen LogP contribution in [-0.2, 0) is 16.0 Å². The maximum absolute atomic E-state index is 12.8. The Hall–Kier alpha value is -2.24. The first-order chi connectivity index (χ1) is 14.6. The quantitative estimate of drug-likeness (QED) is 0.759. The molecule has 1 aromatic rings. The van der Waals surface area contributed by atoms with Crippen LogP contribution in [0, 0.1) is 11.8 Å². The van der Waals surface area contributed by atoms with Crippen molar-refractivity contribution in [3.05, 3.63) is 23.8 Å². The second-order valence-corrected chi connectivity index (χ2v) is 8.99. The van der Waals surface area contributed by atoms with Crippen molar-refractivity contribution in [2.24, 2.45) is 11.8 Å². The SMILES string of the molecule is CC1CCN(C(=O)C2CCN(C(=O)CCc3ccc4c(c3)OCCCO4)CC2)CC1. The predicted molar refractivity (Wildman–Crippen MR) is 115 cm³/mol. The standard InChI is InChI=1S/C24H34N2O4/c1-18-7-11-26(12-8-18)24(28)20-9-13-25(14-10-20)23(27)6-4-19-3-5-21-22(17-19)30-16-2-15-29-21/h3,5,17-18,20H,2,4,6-16H2,1H3. The van der Waals surface area contributed by atoms with E-state index in [1.54, 1.807) is 0 Å². The summed E-state index contributed by atoms with van der Waals surface area (Å²) >= 11 is 0. The molecule has 3 heterocycles. The van der Waals surface area contributed by atoms with Crippen LogP contribution in [0.3, 0.4) is 0 Å². The van der Waals surface area contributed by atoms with Gasteiger partial charge in [-0.3, -0.25) is 9.59 Å². The van der Waals surface area contributed by atoms with Gasteiger partial charge in [-0.25, -0.2) is 0 Å². The van der Waals surface area contributed by atoms with Gasteiger partial charge < -0.3 is 19.3 Å². The molecule has 0 aromatic heterocycles. The number of benzene rings is 1. The van der Waals surface area contributed by atoms with E-state index in [0.29, 0.717) is 45.1 Å². The number of hydrogen-bond acceptors (Lipinski definition) is 4. The van der Waals surface area contributed by atoms with Gasteiger partial charge in [0.15, 0.2) is 11.5 Å². The molecule has 2 saturated heterocycles. The largest absolute Gasteiger partial charge is 0.490 e. The number of carbonyl (C=O) groups is 2. The van der Waals surface area contributed by atoms with Crippen LogP contribution in [-0.4, -0.2) is 61.0 Å². The molecule has 4 rings (SSSR count). The van der Waals surface area contributed by atoms with E-state index >= 15 is 0 Å². The van der Waals surface area contributed by atoms with Crippen molar-refractivity contribution in [2.45, 2.75) is 51.9 Å². The minimum absolute atomic E-state index is 0.0872. The van der Waals surface area contributed by atoms with Crippen molar-refractivity contribution in [3.63, 3.8) is 0 Å². The highest BCUT2D eigenvalue weighted by Crippen LogP contribution is 2.31. The van der Waals surface area contributed by atoms with E-state index in [4.69, 9.17) is 9.47 Å². The lowest BCUT2D eigenvalue weighted by molar-refractivity contribution is -0.141. The third-order valence-corrected chi connectivity index (χ3v) is 6.73. The number of ether oxygens (including phenoxy) is 2. The topological polar surface area (TPSA) is 59.1 Å². The Bertz CT molecular complexity index is 750. The molecule has 1 aromatic carbocycles. The van der Waals surface area contributed by atoms with Gasteiger partial charge in [-0.05, 0) is 55.7 Å². The molecule has 30 heavy (non-hydrogen) atoms. The highest BCUT2D eigenvalue weighted by atomic mass is 16.5. The fraction of sp³-hybridized carbons (Fsp3) is 0.667. The van der Waals surface area contributed by atoms with Crippen LogP contribution in [0.1, 0.15) is 51.0 Å². The molecule has 6 nitrogen and oxygen atoms in total. The Balaban J connectivity index is 1.23. The van der Waals surface area contributed by atoms with E-state index in [1.165, 1.54) is 0 Å². The van der Waals surface area contributed by atoms with Crippen molar-refractivity contribution in [1.29, 1.82) is 0 Å². The van der Waals surface area contributed by atoms with Crippen LogP contribution >= 0.6 is 0 Å². The Morgan fingerprint density at radius 3 is 2.33 bits per heavy atom. The van der Waals surface area contributed by atoms with Gasteiger partial charge in [0.05, 0.1) is 13.2 Å². The molecule has 0 atom stereocenters. The van der Waals surface area contributed by atoms with Crippen LogP contribution in [0.25, 0.3) is 0 Å². The molecule has 0 N–H and O–H groups in total. The van der Waals surface area contributed by atoms with Crippen molar-refractivity contribution in [2.75, 3.05) is 39.4 Å². The molecule has 6 heteroatoms. The minimum Gasteiger partial charge on any atom is -0.490 e. The first-order valence-corrected chi connectivity index (χ1v) is 11.6. The van der Waals surface area contributed by atoms with E-state index in [1.807, 2.05) is 28.0 Å². The molecule has 2 amide bonds. The predicted octanol–water partition coefficient (Wildman–Crippen LogP) is 3.28. The molecule has 0 spiro atoms. The zero-order valence-corrected chi connectivity index (χ0v) is 18.1. The fourth-order valence-electron chi connectivity index (χ4n) is 4.64. The lowest BCUT2D eigenvalue weighted by Crippen LogP contribution is -2.46. The smallest absolute Gasteiger partial charge is 0.225 e. The summed E-state index contributed by atoms with van der Waals surface area (Å²) < 4.78 is 11.4. The monoisotopic (exact) mass is 414 g/mol. The first-order valence-electron chi connectivity index (χ1n) is 11.6. The van der Waals surface area contributed by atoms with Gasteiger partial charge in [-0.1, -0.05) is 13.0 Å². The molecule has 0 aliphatic carbocycles. The highest BCUT2D eigenvalue weighted by molar-refractivity contribution is 5.80. The summed E-state index contributed by atoms with van der Waals surface area (Å²) in [7, 11) is 0. The number of rotatable bonds is 4. The number of fused-ring (bicyclic) bond motifs is 1. The number of hydrogen-bond donors (Lipinski definition) is 0. The summed E-state index contributed by atoms with van der Waals surface area (Å²) in [5, 5.41) is 0. The fourth-order valence-corrected chi connectivity index (χ4v) is 4.64. The highest BCUT2D eigenvalue weighted by Gasteiger charge is 2.31. The molecule has 0 unspecified atom stereocenters. The van der Waals surface area contributed by atoms with E-state index in [0.717, 1.165) is 68.2 Å². The van der Waals surface area contributed by atoms with E-state index in [-0.39, 0.29) is 11.8 Å². The molecule has 0 bridgehead atoms. The minimum atomic E-state index is 0.0872. The summed E-state index contributed by atoms with van der Waals surface area (Å²) in [6.07, 6.45) is 5.88. The van der Waals surface area contributed by atoms with Crippen molar-refractivity contribution < 1.29 is 19.1 Å². The molecule has 2 fully saturated rings. The zero-order valence-electron chi connectivity index (χ0n) is 18.1. The summed E-state index contributed by atoms with van der Waals surface area (Å²) in [4.78, 5) is 29.5. The van der Waals surface area contributed by atoms with Gasteiger partial charge in [-0.2, -0.15) is 0 Å². The molecule has 164 valence electrons. The van der Waals surface area contributed by atoms with E-state index in [2.05, 4.69) is 6.92 Å². The number of carbonyl (C=O) groups excluding carboxylic acids is 2. The van der Waals surface area contributed by atoms with Gasteiger partial charge in [-0.15, -0.1) is 0 Å². The van der Waals surface area contributed by atoms with Gasteiger partial charge in [0, 0.05) is 44.9 Å². The molecule has 3 aliphatic heterocycles. The van der Waals surface area contributed by atoms with Crippen molar-refractivity contribution in [1.82, 2.24) is 9.80 Å². The van der Waals surface area contributed by atoms with Crippen molar-refractivity contribution >= 4 is 11.8 Å². The summed E-state index contributed by atoms with van der Waals surface area (Å²) in [6.45, 7) is 6.79. The van der Waals surface area contributed by atoms with Gasteiger partial charge in [0.2, 0.25) is 11.8 Å². The van der Waals surface area contributed by atoms with E-state index < -0.39 is 0 Å². The lowest BCUT2D eigenvalue weighted by atomic mass is 9.92. The van der Waals surface area contributed by atoms with Gasteiger partial charge in [0.25, 0.3) is 0 Å². The number of aryl methyl sites for hydroxylation is 1. The van der Waals surface area contributed by atoms with Crippen LogP contribution in [0.5, 0.6) is 11.5 Å². The van der Waals surface area contributed by atoms with Crippen LogP contribution in [0.15, 0.2) is 18.2 Å². The molecule has 0 radical (unpaired) electrons. The number of likely N-dealkylation sites (tertiary alicyclic amines) is 2. The lowest BCUT2D eigenvalue weighted by Gasteiger charge is -2.36. The summed E-state index contributed by atoms with van der Waals surface area (Å²) in [5.41, 5.74) is 1.09. The van der Waals surface area contributed by atoms with Gasteiger partial charge in [0.1, 0.15) is 0 Å². The van der Waals surface area contributed by atoms with Crippen LogP contribution in [0.2, 0.25) is 0 Å². The number of piperidine rings is 2. The molecular weight excluding hydrogens is 380 g/mol. The summed E-state index contributed by atoms with van der Waals surface area (Å²) in [5.74, 6) is 2.87. The Kier molecular flexibility index (Phi) is 6.80. The maximum atomic E-state index is 12.8. The second kappa shape index (κ2) is 9.71. The molecule has 3 aliphatic rings. The number of amides is 2. The van der Waals surface area contributed by atoms with E-state index in [9.17, 15) is 9.59 Å². The van der Waals surface area contributed by atoms with Gasteiger partial charge >= 0.3 is 0 Å². The third-order valence-electron chi connectivity index (χ3n) is 6.73. The molecule has 0 saturated carbocycles. The maximum Gasteiger partial charge on any atom is 0.225 e. The zero-order chi connectivity index (χ0) is 20.9. The Labute approximate surface area is 179 Å². The third kappa shape index (κ3) is 5.08. The van der Waals surface area contributed by atoms with Crippen molar-refractivity contribution in [3.8, 4) is 11.5 Å².